The summed E-state index contributed by atoms with van der Waals surface area (Å²) in [5.74, 6) is -1.99. The Morgan fingerprint density at radius 2 is 1.18 bits per heavy atom. The van der Waals surface area contributed by atoms with E-state index in [2.05, 4.69) is 0 Å². The average molecular weight is 298 g/mol. The Morgan fingerprint density at radius 1 is 1.06 bits per heavy atom. The summed E-state index contributed by atoms with van der Waals surface area (Å²) >= 11 is 0. The first-order valence-corrected chi connectivity index (χ1v) is 4.66. The second-order valence-corrected chi connectivity index (χ2v) is 2.66. The molecule has 0 saturated heterocycles. The number of aliphatic carboxylic acids is 2. The SMILES string of the molecule is CC(N)CN.CCC(=O)[O-].CCC(=O)[O-].[K+].[K+]. The molecule has 0 aromatic rings. The van der Waals surface area contributed by atoms with Crippen LogP contribution < -0.4 is 124 Å². The van der Waals surface area contributed by atoms with Gasteiger partial charge in [0, 0.05) is 24.5 Å². The van der Waals surface area contributed by atoms with Crippen LogP contribution in [0.5, 0.6) is 0 Å². The van der Waals surface area contributed by atoms with Gasteiger partial charge in [0.1, 0.15) is 0 Å². The van der Waals surface area contributed by atoms with Gasteiger partial charge < -0.3 is 31.3 Å². The number of carboxylic acids is 2. The predicted octanol–water partition coefficient (Wildman–Crippen LogP) is -8.41. The number of nitrogens with two attached hydrogens (primary N) is 2. The number of carbonyl (C=O) groups excluding carboxylic acids is 2. The third-order valence-corrected chi connectivity index (χ3v) is 0.949. The summed E-state index contributed by atoms with van der Waals surface area (Å²) in [5.41, 5.74) is 10.2. The second kappa shape index (κ2) is 26.6. The molecular formula is C9H20K2N2O4. The Kier molecular flexibility index (Phi) is 49.4. The van der Waals surface area contributed by atoms with E-state index in [0.29, 0.717) is 6.54 Å². The van der Waals surface area contributed by atoms with Crippen LogP contribution in [0.4, 0.5) is 0 Å². The van der Waals surface area contributed by atoms with E-state index in [4.69, 9.17) is 11.5 Å². The number of rotatable bonds is 3. The Morgan fingerprint density at radius 3 is 1.18 bits per heavy atom. The maximum atomic E-state index is 9.26. The maximum absolute atomic E-state index is 9.26. The Bertz CT molecular complexity index is 155. The molecule has 0 aliphatic carbocycles. The van der Waals surface area contributed by atoms with Crippen LogP contribution in [0.25, 0.3) is 0 Å². The molecule has 0 spiro atoms. The topological polar surface area (TPSA) is 132 Å². The Labute approximate surface area is 188 Å². The van der Waals surface area contributed by atoms with Crippen LogP contribution in [0.2, 0.25) is 0 Å². The predicted molar refractivity (Wildman–Crippen MR) is 53.3 cm³/mol. The van der Waals surface area contributed by atoms with E-state index in [0.717, 1.165) is 0 Å². The molecule has 0 saturated carbocycles. The molecule has 1 atom stereocenters. The minimum atomic E-state index is -0.995. The van der Waals surface area contributed by atoms with Gasteiger partial charge in [0.25, 0.3) is 0 Å². The molecule has 8 heteroatoms. The van der Waals surface area contributed by atoms with Crippen LogP contribution >= 0.6 is 0 Å². The third kappa shape index (κ3) is 71.4. The standard InChI is InChI=1S/C3H10N2.2C3H6O2.2K/c1-3(5)2-4;2*1-2-3(4)5;;/h3H,2,4-5H2,1H3;2*2H2,1H3,(H,4,5);;/q;;;2*+1/p-2. The van der Waals surface area contributed by atoms with Gasteiger partial charge >= 0.3 is 103 Å². The van der Waals surface area contributed by atoms with Gasteiger partial charge in [0.05, 0.1) is 0 Å². The first-order valence-electron chi connectivity index (χ1n) is 4.66. The van der Waals surface area contributed by atoms with E-state index in [1.807, 2.05) is 6.92 Å². The van der Waals surface area contributed by atoms with E-state index < -0.39 is 11.9 Å². The summed E-state index contributed by atoms with van der Waals surface area (Å²) in [6.07, 6.45) is 0.222. The van der Waals surface area contributed by atoms with Gasteiger partial charge in [-0.3, -0.25) is 0 Å². The zero-order chi connectivity index (χ0) is 12.9. The molecule has 1 unspecified atom stereocenters. The van der Waals surface area contributed by atoms with Gasteiger partial charge in [-0.25, -0.2) is 0 Å². The Balaban J connectivity index is -0.0000000400. The largest absolute Gasteiger partial charge is 1.00 e. The summed E-state index contributed by atoms with van der Waals surface area (Å²) < 4.78 is 0. The molecule has 0 heterocycles. The first kappa shape index (κ1) is 31.5. The molecular weight excluding hydrogens is 278 g/mol. The fourth-order valence-corrected chi connectivity index (χ4v) is 0. The molecule has 0 amide bonds. The summed E-state index contributed by atoms with van der Waals surface area (Å²) in [6, 6.07) is 0.162. The fourth-order valence-electron chi connectivity index (χ4n) is 0. The van der Waals surface area contributed by atoms with Crippen LogP contribution in [0.3, 0.4) is 0 Å². The molecule has 0 bridgehead atoms. The molecule has 0 aromatic carbocycles. The van der Waals surface area contributed by atoms with Crippen molar-refractivity contribution >= 4 is 11.9 Å². The molecule has 92 valence electrons. The maximum Gasteiger partial charge on any atom is 1.00 e. The van der Waals surface area contributed by atoms with Crippen LogP contribution in [0.15, 0.2) is 0 Å². The normalized spacial score (nSPS) is 8.76. The fraction of sp³-hybridized carbons (Fsp3) is 0.778. The van der Waals surface area contributed by atoms with E-state index in [-0.39, 0.29) is 122 Å². The number of carbonyl (C=O) groups is 2. The monoisotopic (exact) mass is 298 g/mol. The minimum absolute atomic E-state index is 0. The number of hydrogen-bond donors (Lipinski definition) is 2. The molecule has 0 radical (unpaired) electrons. The minimum Gasteiger partial charge on any atom is -0.550 e. The average Bonchev–Trinajstić information content (AvgIpc) is 2.19. The Hall–Kier alpha value is 2.13. The van der Waals surface area contributed by atoms with Crippen molar-refractivity contribution in [3.8, 4) is 0 Å². The molecule has 0 aromatic heterocycles. The van der Waals surface area contributed by atoms with Crippen LogP contribution in [0, 0.1) is 0 Å². The van der Waals surface area contributed by atoms with Crippen molar-refractivity contribution in [1.82, 2.24) is 0 Å². The first-order chi connectivity index (χ1) is 6.81. The molecule has 4 N–H and O–H groups in total. The third-order valence-electron chi connectivity index (χ3n) is 0.949. The van der Waals surface area contributed by atoms with Gasteiger partial charge in [0.2, 0.25) is 0 Å². The van der Waals surface area contributed by atoms with Crippen LogP contribution in [-0.2, 0) is 9.59 Å². The van der Waals surface area contributed by atoms with Crippen molar-refractivity contribution in [3.63, 3.8) is 0 Å². The van der Waals surface area contributed by atoms with Crippen molar-refractivity contribution in [3.05, 3.63) is 0 Å². The smallest absolute Gasteiger partial charge is 0.550 e. The van der Waals surface area contributed by atoms with E-state index in [1.54, 1.807) is 0 Å². The van der Waals surface area contributed by atoms with Crippen molar-refractivity contribution in [2.75, 3.05) is 6.54 Å². The number of carboxylic acid groups (broad SMARTS) is 2. The van der Waals surface area contributed by atoms with Crippen molar-refractivity contribution < 1.29 is 123 Å². The molecule has 0 rings (SSSR count). The van der Waals surface area contributed by atoms with E-state index >= 15 is 0 Å². The van der Waals surface area contributed by atoms with Crippen LogP contribution in [-0.4, -0.2) is 24.5 Å². The van der Waals surface area contributed by atoms with Gasteiger partial charge in [-0.05, 0) is 19.8 Å². The van der Waals surface area contributed by atoms with E-state index in [1.165, 1.54) is 13.8 Å². The van der Waals surface area contributed by atoms with Crippen LogP contribution in [0.1, 0.15) is 33.6 Å². The van der Waals surface area contributed by atoms with Gasteiger partial charge in [-0.2, -0.15) is 0 Å². The quantitative estimate of drug-likeness (QED) is 0.497. The zero-order valence-electron chi connectivity index (χ0n) is 11.5. The zero-order valence-corrected chi connectivity index (χ0v) is 17.7. The van der Waals surface area contributed by atoms with Crippen molar-refractivity contribution in [2.45, 2.75) is 39.7 Å². The van der Waals surface area contributed by atoms with E-state index in [9.17, 15) is 19.8 Å². The summed E-state index contributed by atoms with van der Waals surface area (Å²) in [7, 11) is 0. The van der Waals surface area contributed by atoms with Gasteiger partial charge in [-0.15, -0.1) is 0 Å². The van der Waals surface area contributed by atoms with Crippen molar-refractivity contribution in [2.24, 2.45) is 11.5 Å². The van der Waals surface area contributed by atoms with Crippen molar-refractivity contribution in [1.29, 1.82) is 0 Å². The summed E-state index contributed by atoms with van der Waals surface area (Å²) in [5, 5.41) is 18.5. The number of hydrogen-bond acceptors (Lipinski definition) is 6. The molecule has 17 heavy (non-hydrogen) atoms. The summed E-state index contributed by atoms with van der Waals surface area (Å²) in [6.45, 7) is 5.53. The molecule has 0 fully saturated rings. The van der Waals surface area contributed by atoms with Gasteiger partial charge in [0.15, 0.2) is 0 Å². The molecule has 0 aliphatic heterocycles. The van der Waals surface area contributed by atoms with Gasteiger partial charge in [-0.1, -0.05) is 13.8 Å². The molecule has 6 nitrogen and oxygen atoms in total. The second-order valence-electron chi connectivity index (χ2n) is 2.66. The molecule has 0 aliphatic rings. The summed E-state index contributed by atoms with van der Waals surface area (Å²) in [4.78, 5) is 18.5.